The number of hydrogen-bond acceptors (Lipinski definition) is 4. The maximum atomic E-state index is 12.1. The largest absolute Gasteiger partial charge is 0.313 e. The van der Waals surface area contributed by atoms with Crippen LogP contribution in [-0.2, 0) is 11.8 Å². The lowest BCUT2D eigenvalue weighted by Gasteiger charge is -2.12. The number of Topliss-reactive ketones (excluding diaryl/α,β-unsaturated/α-hetero) is 1. The number of carbonyl (C=O) groups is 1. The highest BCUT2D eigenvalue weighted by Gasteiger charge is 2.18. The SMILES string of the molecule is CC(C)c1nn(C)cc1C=c1sc(=CC(=O)C(C)(C)C)[nH]c1=O. The van der Waals surface area contributed by atoms with Gasteiger partial charge in [-0.2, -0.15) is 5.10 Å². The number of ketones is 1. The molecular formula is C17H23N3O2S. The van der Waals surface area contributed by atoms with Crippen LogP contribution in [0.4, 0.5) is 0 Å². The van der Waals surface area contributed by atoms with E-state index in [1.54, 1.807) is 4.68 Å². The highest BCUT2D eigenvalue weighted by Crippen LogP contribution is 2.17. The van der Waals surface area contributed by atoms with Gasteiger partial charge in [-0.1, -0.05) is 34.6 Å². The molecule has 2 heterocycles. The maximum absolute atomic E-state index is 12.1. The van der Waals surface area contributed by atoms with E-state index in [0.29, 0.717) is 9.20 Å². The van der Waals surface area contributed by atoms with Crippen LogP contribution in [0.2, 0.25) is 0 Å². The third kappa shape index (κ3) is 4.07. The molecule has 0 saturated heterocycles. The van der Waals surface area contributed by atoms with Crippen molar-refractivity contribution in [3.8, 4) is 0 Å². The summed E-state index contributed by atoms with van der Waals surface area (Å²) in [4.78, 5) is 26.9. The average molecular weight is 333 g/mol. The van der Waals surface area contributed by atoms with E-state index in [-0.39, 0.29) is 17.3 Å². The zero-order valence-corrected chi connectivity index (χ0v) is 15.2. The number of thiazole rings is 1. The molecule has 5 nitrogen and oxygen atoms in total. The van der Waals surface area contributed by atoms with E-state index in [1.165, 1.54) is 17.4 Å². The summed E-state index contributed by atoms with van der Waals surface area (Å²) in [5.41, 5.74) is 1.25. The molecule has 0 aromatic carbocycles. The van der Waals surface area contributed by atoms with E-state index >= 15 is 0 Å². The first-order chi connectivity index (χ1) is 10.6. The number of nitrogens with one attached hydrogen (secondary N) is 1. The summed E-state index contributed by atoms with van der Waals surface area (Å²) in [6.45, 7) is 9.71. The molecule has 0 aliphatic rings. The van der Waals surface area contributed by atoms with Gasteiger partial charge in [0.1, 0.15) is 0 Å². The minimum atomic E-state index is -0.459. The van der Waals surface area contributed by atoms with Crippen LogP contribution >= 0.6 is 11.3 Å². The van der Waals surface area contributed by atoms with Crippen molar-refractivity contribution in [3.05, 3.63) is 37.0 Å². The smallest absolute Gasteiger partial charge is 0.266 e. The summed E-state index contributed by atoms with van der Waals surface area (Å²) in [5, 5.41) is 4.44. The maximum Gasteiger partial charge on any atom is 0.266 e. The van der Waals surface area contributed by atoms with E-state index in [1.807, 2.05) is 40.1 Å². The van der Waals surface area contributed by atoms with Crippen molar-refractivity contribution in [1.29, 1.82) is 0 Å². The van der Waals surface area contributed by atoms with E-state index in [9.17, 15) is 9.59 Å². The summed E-state index contributed by atoms with van der Waals surface area (Å²) in [5.74, 6) is 0.265. The first kappa shape index (κ1) is 17.4. The minimum Gasteiger partial charge on any atom is -0.313 e. The standard InChI is InChI=1S/C17H23N3O2S/c1-10(2)15-11(9-20(6)19-15)7-12-16(22)18-14(23-12)8-13(21)17(3,4)5/h7-10H,1-6H3,(H,18,22). The van der Waals surface area contributed by atoms with Gasteiger partial charge in [0.25, 0.3) is 5.56 Å². The Kier molecular flexibility index (Phi) is 4.75. The topological polar surface area (TPSA) is 67.8 Å². The molecular weight excluding hydrogens is 310 g/mol. The summed E-state index contributed by atoms with van der Waals surface area (Å²) in [6.07, 6.45) is 5.25. The predicted octanol–water partition coefficient (Wildman–Crippen LogP) is 1.52. The van der Waals surface area contributed by atoms with Crippen LogP contribution in [0.3, 0.4) is 0 Å². The summed E-state index contributed by atoms with van der Waals surface area (Å²) in [6, 6.07) is 0. The molecule has 0 spiro atoms. The zero-order chi connectivity index (χ0) is 17.4. The van der Waals surface area contributed by atoms with Crippen LogP contribution in [0.25, 0.3) is 12.2 Å². The molecule has 6 heteroatoms. The Balaban J connectivity index is 2.53. The second-order valence-electron chi connectivity index (χ2n) is 6.99. The Bertz CT molecular complexity index is 892. The fourth-order valence-electron chi connectivity index (χ4n) is 2.09. The van der Waals surface area contributed by atoms with Gasteiger partial charge < -0.3 is 4.98 Å². The van der Waals surface area contributed by atoms with Crippen molar-refractivity contribution >= 4 is 29.3 Å². The lowest BCUT2D eigenvalue weighted by Crippen LogP contribution is -2.22. The molecule has 0 unspecified atom stereocenters. The first-order valence-corrected chi connectivity index (χ1v) is 8.40. The monoisotopic (exact) mass is 333 g/mol. The molecule has 0 fully saturated rings. The van der Waals surface area contributed by atoms with Gasteiger partial charge >= 0.3 is 0 Å². The molecule has 0 bridgehead atoms. The van der Waals surface area contributed by atoms with Gasteiger partial charge in [0.05, 0.1) is 14.9 Å². The minimum absolute atomic E-state index is 0.00852. The third-order valence-electron chi connectivity index (χ3n) is 3.40. The van der Waals surface area contributed by atoms with E-state index in [4.69, 9.17) is 0 Å². The lowest BCUT2D eigenvalue weighted by molar-refractivity contribution is -0.119. The molecule has 0 saturated carbocycles. The molecule has 0 amide bonds. The van der Waals surface area contributed by atoms with Crippen molar-refractivity contribution < 1.29 is 4.79 Å². The second-order valence-corrected chi connectivity index (χ2v) is 8.07. The van der Waals surface area contributed by atoms with Gasteiger partial charge in [0.2, 0.25) is 0 Å². The number of hydrogen-bond donors (Lipinski definition) is 1. The number of aryl methyl sites for hydroxylation is 1. The molecule has 0 aliphatic carbocycles. The second kappa shape index (κ2) is 6.28. The molecule has 2 rings (SSSR count). The fraction of sp³-hybridized carbons (Fsp3) is 0.471. The molecule has 2 aromatic heterocycles. The van der Waals surface area contributed by atoms with Gasteiger partial charge in [-0.15, -0.1) is 11.3 Å². The van der Waals surface area contributed by atoms with Gasteiger partial charge in [-0.3, -0.25) is 14.3 Å². The van der Waals surface area contributed by atoms with Crippen molar-refractivity contribution in [2.75, 3.05) is 0 Å². The van der Waals surface area contributed by atoms with E-state index in [2.05, 4.69) is 23.9 Å². The van der Waals surface area contributed by atoms with Gasteiger partial charge in [-0.25, -0.2) is 0 Å². The van der Waals surface area contributed by atoms with Gasteiger partial charge in [-0.05, 0) is 12.0 Å². The number of aromatic amines is 1. The van der Waals surface area contributed by atoms with E-state index < -0.39 is 5.41 Å². The highest BCUT2D eigenvalue weighted by atomic mass is 32.1. The zero-order valence-electron chi connectivity index (χ0n) is 14.4. The van der Waals surface area contributed by atoms with Crippen LogP contribution in [0.15, 0.2) is 11.0 Å². The summed E-state index contributed by atoms with van der Waals surface area (Å²) in [7, 11) is 1.86. The molecule has 2 aromatic rings. The third-order valence-corrected chi connectivity index (χ3v) is 4.37. The number of H-pyrrole nitrogens is 1. The van der Waals surface area contributed by atoms with Gasteiger partial charge in [0.15, 0.2) is 5.78 Å². The first-order valence-electron chi connectivity index (χ1n) is 7.58. The molecule has 124 valence electrons. The Labute approximate surface area is 139 Å². The van der Waals surface area contributed by atoms with Gasteiger partial charge in [0, 0.05) is 30.3 Å². The predicted molar refractivity (Wildman–Crippen MR) is 94.0 cm³/mol. The van der Waals surface area contributed by atoms with Crippen molar-refractivity contribution in [1.82, 2.24) is 14.8 Å². The molecule has 0 radical (unpaired) electrons. The quantitative estimate of drug-likeness (QED) is 0.926. The summed E-state index contributed by atoms with van der Waals surface area (Å²) >= 11 is 1.29. The fourth-order valence-corrected chi connectivity index (χ4v) is 2.96. The number of carbonyl (C=O) groups excluding carboxylic acids is 1. The van der Waals surface area contributed by atoms with Crippen LogP contribution in [-0.4, -0.2) is 20.5 Å². The van der Waals surface area contributed by atoms with Crippen molar-refractivity contribution in [3.63, 3.8) is 0 Å². The Hall–Kier alpha value is -1.95. The molecule has 0 atom stereocenters. The van der Waals surface area contributed by atoms with Crippen LogP contribution < -0.4 is 14.8 Å². The van der Waals surface area contributed by atoms with E-state index in [0.717, 1.165) is 11.3 Å². The summed E-state index contributed by atoms with van der Waals surface area (Å²) < 4.78 is 2.91. The van der Waals surface area contributed by atoms with Crippen molar-refractivity contribution in [2.45, 2.75) is 40.5 Å². The molecule has 1 N–H and O–H groups in total. The van der Waals surface area contributed by atoms with Crippen molar-refractivity contribution in [2.24, 2.45) is 12.5 Å². The lowest BCUT2D eigenvalue weighted by atomic mass is 9.91. The highest BCUT2D eigenvalue weighted by molar-refractivity contribution is 7.07. The number of aromatic nitrogens is 3. The van der Waals surface area contributed by atoms with Crippen LogP contribution in [0, 0.1) is 5.41 Å². The average Bonchev–Trinajstić information content (AvgIpc) is 2.92. The molecule has 23 heavy (non-hydrogen) atoms. The Morgan fingerprint density at radius 1 is 1.39 bits per heavy atom. The Morgan fingerprint density at radius 3 is 2.61 bits per heavy atom. The number of nitrogens with zero attached hydrogens (tertiary/aromatic N) is 2. The Morgan fingerprint density at radius 2 is 2.04 bits per heavy atom. The normalized spacial score (nSPS) is 14.0. The number of rotatable bonds is 3. The van der Waals surface area contributed by atoms with Crippen LogP contribution in [0.5, 0.6) is 0 Å². The molecule has 0 aliphatic heterocycles. The van der Waals surface area contributed by atoms with Crippen LogP contribution in [0.1, 0.15) is 51.8 Å².